The van der Waals surface area contributed by atoms with Crippen molar-refractivity contribution in [3.63, 3.8) is 0 Å². The van der Waals surface area contributed by atoms with Crippen LogP contribution in [0.25, 0.3) is 0 Å². The van der Waals surface area contributed by atoms with Crippen LogP contribution in [-0.4, -0.2) is 62.2 Å². The number of amides is 2. The maximum atomic E-state index is 12.2. The van der Waals surface area contributed by atoms with Crippen LogP contribution in [0.5, 0.6) is 0 Å². The molecule has 1 heterocycles. The maximum absolute atomic E-state index is 12.2. The summed E-state index contributed by atoms with van der Waals surface area (Å²) in [6, 6.07) is -0.340. The topological polar surface area (TPSA) is 102 Å². The number of carboxylic acid groups (broad SMARTS) is 1. The lowest BCUT2D eigenvalue weighted by Gasteiger charge is -2.27. The summed E-state index contributed by atoms with van der Waals surface area (Å²) in [5.74, 6) is -0.278. The second-order valence-electron chi connectivity index (χ2n) is 4.74. The molecule has 0 bridgehead atoms. The van der Waals surface area contributed by atoms with Crippen molar-refractivity contribution in [1.29, 1.82) is 0 Å². The van der Waals surface area contributed by atoms with Gasteiger partial charge in [-0.05, 0) is 5.92 Å². The summed E-state index contributed by atoms with van der Waals surface area (Å²) in [7, 11) is 1.60. The minimum atomic E-state index is -1.03. The smallest absolute Gasteiger partial charge is 0.323 e. The third-order valence-corrected chi connectivity index (χ3v) is 2.36. The number of rotatable bonds is 6. The van der Waals surface area contributed by atoms with Crippen LogP contribution in [0, 0.1) is 5.92 Å². The summed E-state index contributed by atoms with van der Waals surface area (Å²) < 4.78 is 0. The minimum Gasteiger partial charge on any atom is -0.480 e. The number of hydrogen-bond acceptors (Lipinski definition) is 4. The van der Waals surface area contributed by atoms with Gasteiger partial charge in [0.1, 0.15) is 18.7 Å². The number of urea groups is 1. The number of nitrogens with one attached hydrogen (secondary N) is 1. The highest BCUT2D eigenvalue weighted by Crippen LogP contribution is 2.05. The molecule has 1 rings (SSSR count). The summed E-state index contributed by atoms with van der Waals surface area (Å²) in [5.41, 5.74) is 0. The monoisotopic (exact) mass is 269 g/mol. The number of carbonyl (C=O) groups is 2. The highest BCUT2D eigenvalue weighted by molar-refractivity contribution is 5.80. The van der Waals surface area contributed by atoms with E-state index in [0.717, 1.165) is 0 Å². The molecule has 0 saturated carbocycles. The fraction of sp³-hybridized carbons (Fsp3) is 0.636. The quantitative estimate of drug-likeness (QED) is 0.778. The van der Waals surface area contributed by atoms with Gasteiger partial charge in [0.05, 0.1) is 6.54 Å². The lowest BCUT2D eigenvalue weighted by molar-refractivity contribution is -0.137. The van der Waals surface area contributed by atoms with Crippen LogP contribution in [-0.2, 0) is 11.3 Å². The Labute approximate surface area is 111 Å². The molecule has 0 fully saturated rings. The summed E-state index contributed by atoms with van der Waals surface area (Å²) in [5, 5.41) is 15.2. The molecular formula is C11H19N5O3. The molecule has 1 aromatic rings. The van der Waals surface area contributed by atoms with Gasteiger partial charge in [-0.2, -0.15) is 5.10 Å². The van der Waals surface area contributed by atoms with Crippen molar-refractivity contribution in [3.8, 4) is 0 Å². The van der Waals surface area contributed by atoms with Crippen LogP contribution in [0.3, 0.4) is 0 Å². The van der Waals surface area contributed by atoms with Gasteiger partial charge in [0.2, 0.25) is 0 Å². The lowest BCUT2D eigenvalue weighted by atomic mass is 10.2. The second-order valence-corrected chi connectivity index (χ2v) is 4.74. The first-order chi connectivity index (χ1) is 8.90. The van der Waals surface area contributed by atoms with Crippen molar-refractivity contribution < 1.29 is 14.7 Å². The molecule has 0 unspecified atom stereocenters. The molecule has 0 aliphatic rings. The molecule has 8 nitrogen and oxygen atoms in total. The van der Waals surface area contributed by atoms with Crippen molar-refractivity contribution >= 4 is 12.0 Å². The van der Waals surface area contributed by atoms with E-state index in [1.807, 2.05) is 13.8 Å². The van der Waals surface area contributed by atoms with Gasteiger partial charge >= 0.3 is 12.0 Å². The summed E-state index contributed by atoms with van der Waals surface area (Å²) in [6.45, 7) is 4.20. The van der Waals surface area contributed by atoms with E-state index in [9.17, 15) is 9.59 Å². The Bertz CT molecular complexity index is 418. The normalized spacial score (nSPS) is 10.5. The number of aliphatic carboxylic acids is 1. The Morgan fingerprint density at radius 3 is 2.63 bits per heavy atom. The van der Waals surface area contributed by atoms with Gasteiger partial charge in [-0.3, -0.25) is 9.89 Å². The van der Waals surface area contributed by atoms with Crippen LogP contribution >= 0.6 is 0 Å². The van der Waals surface area contributed by atoms with Crippen molar-refractivity contribution in [2.45, 2.75) is 20.4 Å². The van der Waals surface area contributed by atoms with Crippen molar-refractivity contribution in [2.24, 2.45) is 5.92 Å². The van der Waals surface area contributed by atoms with E-state index in [1.54, 1.807) is 7.05 Å². The van der Waals surface area contributed by atoms with Gasteiger partial charge in [0.25, 0.3) is 0 Å². The molecule has 106 valence electrons. The average Bonchev–Trinajstić information content (AvgIpc) is 2.78. The Hall–Kier alpha value is -2.12. The van der Waals surface area contributed by atoms with E-state index < -0.39 is 5.97 Å². The molecule has 0 aliphatic carbocycles. The second kappa shape index (κ2) is 6.72. The highest BCUT2D eigenvalue weighted by atomic mass is 16.4. The number of hydrogen-bond donors (Lipinski definition) is 2. The van der Waals surface area contributed by atoms with E-state index >= 15 is 0 Å². The number of carbonyl (C=O) groups excluding carboxylic acids is 1. The number of nitrogens with zero attached hydrogens (tertiary/aromatic N) is 4. The number of aromatic amines is 1. The first kappa shape index (κ1) is 14.9. The third kappa shape index (κ3) is 4.94. The van der Waals surface area contributed by atoms with Crippen LogP contribution in [0.1, 0.15) is 19.7 Å². The highest BCUT2D eigenvalue weighted by Gasteiger charge is 2.21. The van der Waals surface area contributed by atoms with Crippen LogP contribution in [0.2, 0.25) is 0 Å². The van der Waals surface area contributed by atoms with Gasteiger partial charge in [-0.25, -0.2) is 9.78 Å². The predicted octanol–water partition coefficient (Wildman–Crippen LogP) is 0.399. The van der Waals surface area contributed by atoms with Gasteiger partial charge in [0, 0.05) is 13.6 Å². The molecule has 0 atom stereocenters. The van der Waals surface area contributed by atoms with Crippen molar-refractivity contribution in [3.05, 3.63) is 12.2 Å². The molecule has 0 aromatic carbocycles. The van der Waals surface area contributed by atoms with Crippen LogP contribution in [0.4, 0.5) is 4.79 Å². The van der Waals surface area contributed by atoms with Crippen molar-refractivity contribution in [1.82, 2.24) is 25.0 Å². The van der Waals surface area contributed by atoms with Gasteiger partial charge in [-0.15, -0.1) is 0 Å². The third-order valence-electron chi connectivity index (χ3n) is 2.36. The molecule has 0 saturated heterocycles. The van der Waals surface area contributed by atoms with Gasteiger partial charge < -0.3 is 14.9 Å². The van der Waals surface area contributed by atoms with E-state index in [-0.39, 0.29) is 25.0 Å². The molecule has 2 amide bonds. The summed E-state index contributed by atoms with van der Waals surface area (Å²) in [4.78, 5) is 29.6. The number of aromatic nitrogens is 3. The fourth-order valence-corrected chi connectivity index (χ4v) is 1.66. The molecular weight excluding hydrogens is 250 g/mol. The van der Waals surface area contributed by atoms with Crippen LogP contribution in [0.15, 0.2) is 6.33 Å². The van der Waals surface area contributed by atoms with Gasteiger partial charge in [0.15, 0.2) is 0 Å². The number of H-pyrrole nitrogens is 1. The fourth-order valence-electron chi connectivity index (χ4n) is 1.66. The zero-order chi connectivity index (χ0) is 14.4. The first-order valence-corrected chi connectivity index (χ1v) is 5.96. The standard InChI is InChI=1S/C11H19N5O3/c1-8(2)4-16(6-10(17)18)11(19)15(3)5-9-12-7-13-14-9/h7-8H,4-6H2,1-3H3,(H,17,18)(H,12,13,14). The molecule has 1 aromatic heterocycles. The predicted molar refractivity (Wildman–Crippen MR) is 67.3 cm³/mol. The molecule has 2 N–H and O–H groups in total. The molecule has 0 aliphatic heterocycles. The maximum Gasteiger partial charge on any atom is 0.323 e. The van der Waals surface area contributed by atoms with Gasteiger partial charge in [-0.1, -0.05) is 13.8 Å². The molecule has 0 radical (unpaired) electrons. The minimum absolute atomic E-state index is 0.196. The molecule has 8 heteroatoms. The Balaban J connectivity index is 2.66. The number of carboxylic acids is 1. The van der Waals surface area contributed by atoms with E-state index in [4.69, 9.17) is 5.11 Å². The average molecular weight is 269 g/mol. The van der Waals surface area contributed by atoms with Crippen molar-refractivity contribution in [2.75, 3.05) is 20.1 Å². The summed E-state index contributed by atoms with van der Waals surface area (Å²) >= 11 is 0. The first-order valence-electron chi connectivity index (χ1n) is 5.96. The van der Waals surface area contributed by atoms with E-state index in [2.05, 4.69) is 15.2 Å². The lowest BCUT2D eigenvalue weighted by Crippen LogP contribution is -2.45. The Kier molecular flexibility index (Phi) is 5.28. The van der Waals surface area contributed by atoms with E-state index in [1.165, 1.54) is 16.1 Å². The molecule has 0 spiro atoms. The van der Waals surface area contributed by atoms with Crippen LogP contribution < -0.4 is 0 Å². The zero-order valence-corrected chi connectivity index (χ0v) is 11.3. The SMILES string of the molecule is CC(C)CN(CC(=O)O)C(=O)N(C)Cc1ncn[nH]1. The Morgan fingerprint density at radius 2 is 2.16 bits per heavy atom. The molecule has 19 heavy (non-hydrogen) atoms. The largest absolute Gasteiger partial charge is 0.480 e. The summed E-state index contributed by atoms with van der Waals surface area (Å²) in [6.07, 6.45) is 1.36. The Morgan fingerprint density at radius 1 is 1.47 bits per heavy atom. The van der Waals surface area contributed by atoms with E-state index in [0.29, 0.717) is 12.4 Å². The zero-order valence-electron chi connectivity index (χ0n) is 11.3.